The Balaban J connectivity index is 0.000000763. The van der Waals surface area contributed by atoms with Crippen molar-refractivity contribution in [1.29, 1.82) is 0 Å². The van der Waals surface area contributed by atoms with Crippen molar-refractivity contribution in [2.45, 2.75) is 20.8 Å². The topological polar surface area (TPSA) is 168 Å². The molecule has 11 heteroatoms. The van der Waals surface area contributed by atoms with Gasteiger partial charge in [0.05, 0.1) is 33.7 Å². The number of rotatable bonds is 4. The molecule has 0 saturated heterocycles. The van der Waals surface area contributed by atoms with Crippen LogP contribution in [0.3, 0.4) is 0 Å². The summed E-state index contributed by atoms with van der Waals surface area (Å²) in [6.07, 6.45) is 0. The van der Waals surface area contributed by atoms with Gasteiger partial charge < -0.3 is 15.2 Å². The highest BCUT2D eigenvalue weighted by Gasteiger charge is 2.24. The summed E-state index contributed by atoms with van der Waals surface area (Å²) in [5, 5.41) is 0.281. The molecule has 1 aromatic heterocycles. The minimum absolute atomic E-state index is 0.264. The van der Waals surface area contributed by atoms with E-state index in [-0.39, 0.29) is 23.8 Å². The predicted molar refractivity (Wildman–Crippen MR) is 67.6 cm³/mol. The summed E-state index contributed by atoms with van der Waals surface area (Å²) in [5.74, 6) is -0.966. The molecular weight excluding hydrogens is 342 g/mol. The molecule has 1 aromatic rings. The van der Waals surface area contributed by atoms with Gasteiger partial charge in [-0.3, -0.25) is 0 Å². The van der Waals surface area contributed by atoms with Gasteiger partial charge in [0.2, 0.25) is 0 Å². The molecular formula is C11H16ClNO8S. The molecule has 22 heavy (non-hydrogen) atoms. The number of hydrogen-bond donors (Lipinski definition) is 2. The van der Waals surface area contributed by atoms with Crippen LogP contribution in [0.2, 0.25) is 0 Å². The lowest BCUT2D eigenvalue weighted by atomic mass is 10.1. The van der Waals surface area contributed by atoms with E-state index in [1.54, 1.807) is 20.8 Å². The summed E-state index contributed by atoms with van der Waals surface area (Å²) in [4.78, 5) is 23.6. The number of carbonyl (C=O) groups is 2. The highest BCUT2D eigenvalue weighted by Crippen LogP contribution is 2.31. The van der Waals surface area contributed by atoms with Crippen molar-refractivity contribution in [2.75, 3.05) is 18.9 Å². The lowest BCUT2D eigenvalue weighted by Crippen LogP contribution is -2.58. The van der Waals surface area contributed by atoms with Crippen molar-refractivity contribution in [3.05, 3.63) is 16.0 Å². The smallest absolute Gasteiger partial charge is 0.348 e. The van der Waals surface area contributed by atoms with Crippen LogP contribution in [-0.2, 0) is 9.47 Å². The van der Waals surface area contributed by atoms with Gasteiger partial charge in [0, 0.05) is 0 Å². The van der Waals surface area contributed by atoms with E-state index >= 15 is 0 Å². The molecule has 0 aliphatic heterocycles. The van der Waals surface area contributed by atoms with Gasteiger partial charge in [-0.25, -0.2) is 9.59 Å². The van der Waals surface area contributed by atoms with Crippen LogP contribution < -0.4 is 19.7 Å². The first-order chi connectivity index (χ1) is 10.0. The zero-order chi connectivity index (χ0) is 17.5. The van der Waals surface area contributed by atoms with Gasteiger partial charge in [0.15, 0.2) is 0 Å². The first-order valence-corrected chi connectivity index (χ1v) is 7.97. The van der Waals surface area contributed by atoms with E-state index < -0.39 is 22.2 Å². The second kappa shape index (κ2) is 8.88. The maximum atomic E-state index is 11.6. The molecule has 0 aliphatic carbocycles. The van der Waals surface area contributed by atoms with E-state index in [0.29, 0.717) is 10.4 Å². The van der Waals surface area contributed by atoms with Gasteiger partial charge in [0.25, 0.3) is 0 Å². The molecule has 1 rings (SSSR count). The Morgan fingerprint density at radius 1 is 1.18 bits per heavy atom. The van der Waals surface area contributed by atoms with E-state index in [4.69, 9.17) is 33.8 Å². The van der Waals surface area contributed by atoms with Gasteiger partial charge in [-0.15, -0.1) is 11.3 Å². The van der Waals surface area contributed by atoms with Crippen LogP contribution in [0, 0.1) is 17.2 Å². The predicted octanol–water partition coefficient (Wildman–Crippen LogP) is -2.13. The molecule has 0 spiro atoms. The Morgan fingerprint density at radius 2 is 1.59 bits per heavy atom. The average molecular weight is 358 g/mol. The fraction of sp³-hybridized carbons (Fsp3) is 0.455. The first kappa shape index (κ1) is 20.6. The largest absolute Gasteiger partial charge is 0.462 e. The Hall–Kier alpha value is -1.43. The standard InChI is InChI=1S/C11H15NO4S.ClHO4/c1-4-15-10(13)7-6(3)8(17-9(7)12)11(14)16-5-2;2-1(3,4)5/h4-5,12H2,1-3H3;(H,2,3,4,5). The van der Waals surface area contributed by atoms with Crippen LogP contribution in [-0.4, -0.2) is 29.8 Å². The molecule has 126 valence electrons. The molecule has 0 unspecified atom stereocenters. The summed E-state index contributed by atoms with van der Waals surface area (Å²) in [5.41, 5.74) is 6.50. The van der Waals surface area contributed by atoms with Crippen molar-refractivity contribution in [2.24, 2.45) is 0 Å². The minimum atomic E-state index is -4.69. The van der Waals surface area contributed by atoms with E-state index in [1.807, 2.05) is 0 Å². The molecule has 0 atom stereocenters. The van der Waals surface area contributed by atoms with Crippen LogP contribution in [0.15, 0.2) is 0 Å². The maximum absolute atomic E-state index is 11.6. The number of esters is 2. The quantitative estimate of drug-likeness (QED) is 0.571. The van der Waals surface area contributed by atoms with E-state index in [1.165, 1.54) is 0 Å². The first-order valence-electron chi connectivity index (χ1n) is 5.89. The molecule has 0 aromatic carbocycles. The summed E-state index contributed by atoms with van der Waals surface area (Å²) in [6.45, 7) is 5.64. The summed E-state index contributed by atoms with van der Waals surface area (Å²) in [6, 6.07) is 0. The Bertz CT molecular complexity index is 519. The molecule has 0 aliphatic rings. The van der Waals surface area contributed by atoms with E-state index in [9.17, 15) is 9.59 Å². The normalized spacial score (nSPS) is 10.5. The molecule has 0 amide bonds. The molecule has 0 saturated carbocycles. The van der Waals surface area contributed by atoms with Gasteiger partial charge >= 0.3 is 11.9 Å². The number of carbonyl (C=O) groups excluding carboxylic acids is 2. The lowest BCUT2D eigenvalue weighted by Gasteiger charge is -2.03. The molecule has 1 heterocycles. The van der Waals surface area contributed by atoms with Gasteiger partial charge in [-0.05, 0) is 26.3 Å². The van der Waals surface area contributed by atoms with Crippen LogP contribution >= 0.6 is 11.3 Å². The minimum Gasteiger partial charge on any atom is -0.462 e. The number of nitrogens with two attached hydrogens (primary N) is 1. The van der Waals surface area contributed by atoms with E-state index in [0.717, 1.165) is 11.3 Å². The molecule has 0 fully saturated rings. The van der Waals surface area contributed by atoms with Crippen LogP contribution in [0.5, 0.6) is 0 Å². The second-order valence-electron chi connectivity index (χ2n) is 3.63. The number of nitrogen functional groups attached to an aromatic ring is 1. The second-order valence-corrected chi connectivity index (χ2v) is 5.48. The van der Waals surface area contributed by atoms with Crippen molar-refractivity contribution < 1.29 is 47.9 Å². The number of hydrogen-bond acceptors (Lipinski definition) is 10. The summed E-state index contributed by atoms with van der Waals surface area (Å²) < 4.78 is 42.5. The summed E-state index contributed by atoms with van der Waals surface area (Å²) in [7, 11) is -4.69. The maximum Gasteiger partial charge on any atom is 0.348 e. The van der Waals surface area contributed by atoms with Crippen LogP contribution in [0.25, 0.3) is 0 Å². The van der Waals surface area contributed by atoms with Crippen molar-refractivity contribution >= 4 is 28.3 Å². The van der Waals surface area contributed by atoms with Gasteiger partial charge in [0.1, 0.15) is 9.88 Å². The zero-order valence-corrected chi connectivity index (χ0v) is 13.7. The Labute approximate surface area is 132 Å². The highest BCUT2D eigenvalue weighted by atomic mass is 35.7. The third kappa shape index (κ3) is 7.02. The van der Waals surface area contributed by atoms with Crippen LogP contribution in [0.4, 0.5) is 5.00 Å². The van der Waals surface area contributed by atoms with Gasteiger partial charge in [-0.2, -0.15) is 14.0 Å². The van der Waals surface area contributed by atoms with E-state index in [2.05, 4.69) is 0 Å². The zero-order valence-electron chi connectivity index (χ0n) is 12.1. The number of ether oxygens (including phenoxy) is 2. The highest BCUT2D eigenvalue weighted by molar-refractivity contribution is 7.18. The summed E-state index contributed by atoms with van der Waals surface area (Å²) >= 11 is 1.05. The number of halogens is 1. The van der Waals surface area contributed by atoms with Crippen molar-refractivity contribution in [3.8, 4) is 0 Å². The Morgan fingerprint density at radius 3 is 2.00 bits per heavy atom. The van der Waals surface area contributed by atoms with Crippen molar-refractivity contribution in [3.63, 3.8) is 0 Å². The molecule has 0 radical (unpaired) electrons. The van der Waals surface area contributed by atoms with Crippen molar-refractivity contribution in [1.82, 2.24) is 0 Å². The molecule has 3 N–H and O–H groups in total. The third-order valence-electron chi connectivity index (χ3n) is 2.11. The average Bonchev–Trinajstić information content (AvgIpc) is 2.63. The SMILES string of the molecule is CCOC(=O)c1sc(N)c(C(=O)OCC)c1C.[O-][Cl+3]([O-])([O-])O. The Kier molecular flexibility index (Phi) is 8.30. The lowest BCUT2D eigenvalue weighted by molar-refractivity contribution is -1.92. The number of thiophene rings is 1. The fourth-order valence-corrected chi connectivity index (χ4v) is 2.34. The van der Waals surface area contributed by atoms with Gasteiger partial charge in [-0.1, -0.05) is 0 Å². The number of anilines is 1. The molecule has 0 bridgehead atoms. The monoisotopic (exact) mass is 357 g/mol. The van der Waals surface area contributed by atoms with Crippen LogP contribution in [0.1, 0.15) is 39.4 Å². The third-order valence-corrected chi connectivity index (χ3v) is 3.22. The fourth-order valence-electron chi connectivity index (χ4n) is 1.38. The molecule has 9 nitrogen and oxygen atoms in total.